The molecule has 7 nitrogen and oxygen atoms in total. The van der Waals surface area contributed by atoms with Crippen LogP contribution in [0.5, 0.6) is 5.75 Å². The first-order chi connectivity index (χ1) is 15.2. The number of ether oxygens (including phenoxy) is 1. The van der Waals surface area contributed by atoms with Crippen molar-refractivity contribution in [1.29, 1.82) is 0 Å². The van der Waals surface area contributed by atoms with Gasteiger partial charge < -0.3 is 9.64 Å². The van der Waals surface area contributed by atoms with E-state index in [1.165, 1.54) is 11.8 Å². The van der Waals surface area contributed by atoms with Gasteiger partial charge in [-0.25, -0.2) is 4.68 Å². The summed E-state index contributed by atoms with van der Waals surface area (Å²) in [5, 5.41) is 14.6. The Kier molecular flexibility index (Phi) is 6.96. The number of hydrogen-bond acceptors (Lipinski definition) is 7. The molecule has 0 aliphatic rings. The Bertz CT molecular complexity index is 1100. The van der Waals surface area contributed by atoms with Crippen molar-refractivity contribution in [2.24, 2.45) is 0 Å². The Balaban J connectivity index is 1.47. The van der Waals surface area contributed by atoms with Crippen molar-refractivity contribution in [1.82, 2.24) is 20.2 Å². The van der Waals surface area contributed by atoms with E-state index in [2.05, 4.69) is 15.5 Å². The Morgan fingerprint density at radius 3 is 2.61 bits per heavy atom. The van der Waals surface area contributed by atoms with Crippen LogP contribution in [0, 0.1) is 0 Å². The van der Waals surface area contributed by atoms with Gasteiger partial charge >= 0.3 is 0 Å². The number of hydrogen-bond donors (Lipinski definition) is 0. The minimum absolute atomic E-state index is 0.0159. The number of tetrazole rings is 1. The Morgan fingerprint density at radius 2 is 1.90 bits per heavy atom. The van der Waals surface area contributed by atoms with E-state index < -0.39 is 0 Å². The van der Waals surface area contributed by atoms with Crippen molar-refractivity contribution < 1.29 is 9.53 Å². The molecule has 0 spiro atoms. The normalized spacial score (nSPS) is 10.7. The molecule has 0 N–H and O–H groups in total. The van der Waals surface area contributed by atoms with Crippen molar-refractivity contribution in [3.05, 3.63) is 82.6 Å². The molecule has 0 unspecified atom stereocenters. The van der Waals surface area contributed by atoms with Gasteiger partial charge in [-0.05, 0) is 51.7 Å². The van der Waals surface area contributed by atoms with Gasteiger partial charge in [0, 0.05) is 10.6 Å². The fourth-order valence-electron chi connectivity index (χ4n) is 3.00. The van der Waals surface area contributed by atoms with Gasteiger partial charge in [0.15, 0.2) is 0 Å². The third-order valence-electron chi connectivity index (χ3n) is 4.58. The zero-order chi connectivity index (χ0) is 21.5. The summed E-state index contributed by atoms with van der Waals surface area (Å²) in [4.78, 5) is 16.1. The highest BCUT2D eigenvalue weighted by Crippen LogP contribution is 2.25. The van der Waals surface area contributed by atoms with E-state index in [9.17, 15) is 4.79 Å². The van der Waals surface area contributed by atoms with Crippen molar-refractivity contribution >= 4 is 34.7 Å². The summed E-state index contributed by atoms with van der Waals surface area (Å²) in [6, 6.07) is 21.5. The number of methoxy groups -OCH3 is 1. The molecule has 9 heteroatoms. The van der Waals surface area contributed by atoms with Crippen LogP contribution in [0.25, 0.3) is 0 Å². The van der Waals surface area contributed by atoms with Crippen LogP contribution in [0.2, 0.25) is 0 Å². The molecule has 0 bridgehead atoms. The molecule has 2 heterocycles. The maximum atomic E-state index is 13.2. The van der Waals surface area contributed by atoms with E-state index in [4.69, 9.17) is 4.74 Å². The lowest BCUT2D eigenvalue weighted by atomic mass is 10.2. The molecule has 2 aromatic heterocycles. The van der Waals surface area contributed by atoms with Gasteiger partial charge in [0.1, 0.15) is 5.75 Å². The average Bonchev–Trinajstić information content (AvgIpc) is 3.49. The molecule has 0 atom stereocenters. The summed E-state index contributed by atoms with van der Waals surface area (Å²) in [6.07, 6.45) is 0. The maximum Gasteiger partial charge on any atom is 0.237 e. The summed E-state index contributed by atoms with van der Waals surface area (Å²) in [5.41, 5.74) is 1.92. The summed E-state index contributed by atoms with van der Waals surface area (Å²) >= 11 is 2.97. The van der Waals surface area contributed by atoms with Gasteiger partial charge in [0.25, 0.3) is 0 Å². The van der Waals surface area contributed by atoms with E-state index >= 15 is 0 Å². The van der Waals surface area contributed by atoms with Crippen molar-refractivity contribution in [2.75, 3.05) is 17.8 Å². The summed E-state index contributed by atoms with van der Waals surface area (Å²) in [6.45, 7) is 1.07. The molecule has 0 saturated carbocycles. The Morgan fingerprint density at radius 1 is 1.10 bits per heavy atom. The highest BCUT2D eigenvalue weighted by molar-refractivity contribution is 7.99. The second-order valence-electron chi connectivity index (χ2n) is 6.65. The highest BCUT2D eigenvalue weighted by Gasteiger charge is 2.19. The minimum atomic E-state index is -0.0159. The van der Waals surface area contributed by atoms with Crippen LogP contribution < -0.4 is 9.64 Å². The molecule has 1 amide bonds. The van der Waals surface area contributed by atoms with Crippen molar-refractivity contribution in [2.45, 2.75) is 18.2 Å². The average molecular weight is 452 g/mol. The van der Waals surface area contributed by atoms with E-state index in [1.54, 1.807) is 28.0 Å². The number of anilines is 1. The van der Waals surface area contributed by atoms with Crippen LogP contribution in [0.3, 0.4) is 0 Å². The fraction of sp³-hybridized carbons (Fsp3) is 0.182. The number of thiophene rings is 1. The lowest BCUT2D eigenvalue weighted by molar-refractivity contribution is -0.116. The van der Waals surface area contributed by atoms with Gasteiger partial charge in [0.2, 0.25) is 11.1 Å². The Hall–Kier alpha value is -3.17. The predicted octanol–water partition coefficient (Wildman–Crippen LogP) is 4.12. The molecule has 4 rings (SSSR count). The third-order valence-corrected chi connectivity index (χ3v) is 6.38. The topological polar surface area (TPSA) is 73.1 Å². The number of nitrogens with zero attached hydrogens (tertiary/aromatic N) is 5. The standard InChI is InChI=1S/C22H21N5O2S2/c1-29-19-11-9-18(10-12-19)26(15-20-8-5-13-30-20)21(28)16-31-22-23-24-25-27(22)14-17-6-3-2-4-7-17/h2-13H,14-16H2,1H3. The van der Waals surface area contributed by atoms with Gasteiger partial charge in [-0.1, -0.05) is 48.2 Å². The molecule has 0 saturated heterocycles. The van der Waals surface area contributed by atoms with Crippen LogP contribution >= 0.6 is 23.1 Å². The van der Waals surface area contributed by atoms with Crippen LogP contribution in [0.1, 0.15) is 10.4 Å². The smallest absolute Gasteiger partial charge is 0.237 e. The number of carbonyl (C=O) groups excluding carboxylic acids is 1. The summed E-state index contributed by atoms with van der Waals surface area (Å²) in [5.74, 6) is 0.964. The van der Waals surface area contributed by atoms with E-state index in [-0.39, 0.29) is 11.7 Å². The third kappa shape index (κ3) is 5.50. The number of thioether (sulfide) groups is 1. The van der Waals surface area contributed by atoms with Crippen molar-refractivity contribution in [3.8, 4) is 5.75 Å². The number of aromatic nitrogens is 4. The summed E-state index contributed by atoms with van der Waals surface area (Å²) in [7, 11) is 1.62. The largest absolute Gasteiger partial charge is 0.497 e. The van der Waals surface area contributed by atoms with Gasteiger partial charge in [0.05, 0.1) is 26.0 Å². The SMILES string of the molecule is COc1ccc(N(Cc2cccs2)C(=O)CSc2nnnn2Cc2ccccc2)cc1. The zero-order valence-corrected chi connectivity index (χ0v) is 18.6. The predicted molar refractivity (Wildman–Crippen MR) is 123 cm³/mol. The van der Waals surface area contributed by atoms with Crippen LogP contribution in [0.15, 0.2) is 77.3 Å². The molecule has 2 aromatic carbocycles. The van der Waals surface area contributed by atoms with Gasteiger partial charge in [-0.2, -0.15) is 0 Å². The van der Waals surface area contributed by atoms with Crippen molar-refractivity contribution in [3.63, 3.8) is 0 Å². The first-order valence-electron chi connectivity index (χ1n) is 9.62. The molecule has 0 aliphatic heterocycles. The molecule has 4 aromatic rings. The maximum absolute atomic E-state index is 13.2. The molecule has 158 valence electrons. The lowest BCUT2D eigenvalue weighted by Gasteiger charge is -2.22. The molecular weight excluding hydrogens is 430 g/mol. The Labute approximate surface area is 188 Å². The molecule has 31 heavy (non-hydrogen) atoms. The lowest BCUT2D eigenvalue weighted by Crippen LogP contribution is -2.31. The second kappa shape index (κ2) is 10.2. The first-order valence-corrected chi connectivity index (χ1v) is 11.5. The zero-order valence-electron chi connectivity index (χ0n) is 16.9. The van der Waals surface area contributed by atoms with E-state index in [0.29, 0.717) is 18.2 Å². The highest BCUT2D eigenvalue weighted by atomic mass is 32.2. The number of benzene rings is 2. The van der Waals surface area contributed by atoms with E-state index in [1.807, 2.05) is 72.1 Å². The minimum Gasteiger partial charge on any atom is -0.497 e. The quantitative estimate of drug-likeness (QED) is 0.357. The van der Waals surface area contributed by atoms with Crippen LogP contribution in [-0.4, -0.2) is 39.0 Å². The fourth-order valence-corrected chi connectivity index (χ4v) is 4.45. The molecule has 0 radical (unpaired) electrons. The summed E-state index contributed by atoms with van der Waals surface area (Å²) < 4.78 is 6.96. The monoisotopic (exact) mass is 451 g/mol. The van der Waals surface area contributed by atoms with Crippen LogP contribution in [-0.2, 0) is 17.9 Å². The number of carbonyl (C=O) groups is 1. The number of amides is 1. The number of rotatable bonds is 9. The molecule has 0 aliphatic carbocycles. The van der Waals surface area contributed by atoms with Crippen LogP contribution in [0.4, 0.5) is 5.69 Å². The second-order valence-corrected chi connectivity index (χ2v) is 8.63. The van der Waals surface area contributed by atoms with E-state index in [0.717, 1.165) is 21.9 Å². The first kappa shape index (κ1) is 21.1. The molecule has 0 fully saturated rings. The van der Waals surface area contributed by atoms with Gasteiger partial charge in [-0.15, -0.1) is 16.4 Å². The van der Waals surface area contributed by atoms with Gasteiger partial charge in [-0.3, -0.25) is 4.79 Å². The molecular formula is C22H21N5O2S2.